The average Bonchev–Trinajstić information content (AvgIpc) is 2.40. The third kappa shape index (κ3) is 4.49. The minimum absolute atomic E-state index is 0.150. The topological polar surface area (TPSA) is 55.8 Å². The first-order valence-corrected chi connectivity index (χ1v) is 8.72. The molecule has 0 aromatic heterocycles. The molecule has 0 amide bonds. The van der Waals surface area contributed by atoms with Crippen LogP contribution in [0.1, 0.15) is 19.4 Å². The maximum Gasteiger partial charge on any atom is 0.218 e. The molecular formula is C15H22FNO4S. The van der Waals surface area contributed by atoms with Crippen LogP contribution in [-0.4, -0.2) is 51.2 Å². The fourth-order valence-corrected chi connectivity index (χ4v) is 4.31. The van der Waals surface area contributed by atoms with Gasteiger partial charge in [0, 0.05) is 20.2 Å². The van der Waals surface area contributed by atoms with E-state index in [9.17, 15) is 12.8 Å². The number of ether oxygens (including phenoxy) is 2. The molecule has 7 heteroatoms. The molecule has 0 bridgehead atoms. The first kappa shape index (κ1) is 17.3. The van der Waals surface area contributed by atoms with Crippen LogP contribution < -0.4 is 0 Å². The highest BCUT2D eigenvalue weighted by Gasteiger charge is 2.38. The van der Waals surface area contributed by atoms with Crippen molar-refractivity contribution < 1.29 is 22.3 Å². The third-order valence-corrected chi connectivity index (χ3v) is 5.22. The monoisotopic (exact) mass is 331 g/mol. The molecule has 22 heavy (non-hydrogen) atoms. The molecule has 1 unspecified atom stereocenters. The lowest BCUT2D eigenvalue weighted by molar-refractivity contribution is -0.135. The van der Waals surface area contributed by atoms with E-state index in [4.69, 9.17) is 9.47 Å². The largest absolute Gasteiger partial charge is 0.382 e. The van der Waals surface area contributed by atoms with E-state index in [1.807, 2.05) is 13.8 Å². The smallest absolute Gasteiger partial charge is 0.218 e. The Bertz CT molecular complexity index is 600. The van der Waals surface area contributed by atoms with Crippen LogP contribution in [0, 0.1) is 5.82 Å². The van der Waals surface area contributed by atoms with Crippen LogP contribution in [0.25, 0.3) is 0 Å². The fourth-order valence-electron chi connectivity index (χ4n) is 2.61. The van der Waals surface area contributed by atoms with Crippen LogP contribution in [0.5, 0.6) is 0 Å². The fraction of sp³-hybridized carbons (Fsp3) is 0.600. The SMILES string of the molecule is COCC1CN(S(=O)(=O)Cc2ccc(F)cc2)CC(C)(C)O1. The highest BCUT2D eigenvalue weighted by atomic mass is 32.2. The Kier molecular flexibility index (Phi) is 5.21. The van der Waals surface area contributed by atoms with Gasteiger partial charge in [-0.3, -0.25) is 0 Å². The second-order valence-electron chi connectivity index (χ2n) is 6.13. The van der Waals surface area contributed by atoms with Gasteiger partial charge in [-0.15, -0.1) is 0 Å². The molecule has 0 radical (unpaired) electrons. The molecule has 124 valence electrons. The third-order valence-electron chi connectivity index (χ3n) is 3.46. The first-order chi connectivity index (χ1) is 10.2. The molecule has 1 fully saturated rings. The molecule has 1 aromatic rings. The van der Waals surface area contributed by atoms with Gasteiger partial charge in [0.25, 0.3) is 0 Å². The van der Waals surface area contributed by atoms with Gasteiger partial charge >= 0.3 is 0 Å². The lowest BCUT2D eigenvalue weighted by atomic mass is 10.1. The number of hydrogen-bond donors (Lipinski definition) is 0. The molecule has 2 rings (SSSR count). The Morgan fingerprint density at radius 2 is 2.00 bits per heavy atom. The van der Waals surface area contributed by atoms with Gasteiger partial charge in [-0.2, -0.15) is 4.31 Å². The van der Waals surface area contributed by atoms with E-state index in [-0.39, 0.29) is 30.8 Å². The quantitative estimate of drug-likeness (QED) is 0.825. The summed E-state index contributed by atoms with van der Waals surface area (Å²) in [5.74, 6) is -0.530. The summed E-state index contributed by atoms with van der Waals surface area (Å²) < 4.78 is 50.5. The van der Waals surface area contributed by atoms with E-state index in [0.29, 0.717) is 12.2 Å². The number of rotatable bonds is 5. The van der Waals surface area contributed by atoms with E-state index in [1.165, 1.54) is 28.6 Å². The predicted octanol–water partition coefficient (Wildman–Crippen LogP) is 1.78. The normalized spacial score (nSPS) is 22.6. The molecule has 0 N–H and O–H groups in total. The minimum Gasteiger partial charge on any atom is -0.382 e. The number of nitrogens with zero attached hydrogens (tertiary/aromatic N) is 1. The Hall–Kier alpha value is -1.02. The van der Waals surface area contributed by atoms with Gasteiger partial charge in [-0.25, -0.2) is 12.8 Å². The van der Waals surface area contributed by atoms with Gasteiger partial charge < -0.3 is 9.47 Å². The van der Waals surface area contributed by atoms with E-state index in [0.717, 1.165) is 0 Å². The first-order valence-electron chi connectivity index (χ1n) is 7.11. The van der Waals surface area contributed by atoms with Crippen LogP contribution in [0.15, 0.2) is 24.3 Å². The van der Waals surface area contributed by atoms with Crippen molar-refractivity contribution in [2.24, 2.45) is 0 Å². The van der Waals surface area contributed by atoms with Crippen molar-refractivity contribution in [2.45, 2.75) is 31.3 Å². The molecule has 1 aromatic carbocycles. The van der Waals surface area contributed by atoms with E-state index in [2.05, 4.69) is 0 Å². The molecule has 0 spiro atoms. The number of sulfonamides is 1. The van der Waals surface area contributed by atoms with Crippen LogP contribution in [0.3, 0.4) is 0 Å². The van der Waals surface area contributed by atoms with Gasteiger partial charge in [0.15, 0.2) is 0 Å². The van der Waals surface area contributed by atoms with Crippen LogP contribution in [0.4, 0.5) is 4.39 Å². The highest BCUT2D eigenvalue weighted by Crippen LogP contribution is 2.25. The molecule has 1 atom stereocenters. The van der Waals surface area contributed by atoms with Crippen LogP contribution in [-0.2, 0) is 25.2 Å². The summed E-state index contributed by atoms with van der Waals surface area (Å²) in [5.41, 5.74) is -0.00823. The van der Waals surface area contributed by atoms with Crippen molar-refractivity contribution in [1.82, 2.24) is 4.31 Å². The molecule has 5 nitrogen and oxygen atoms in total. The van der Waals surface area contributed by atoms with Crippen molar-refractivity contribution >= 4 is 10.0 Å². The second kappa shape index (κ2) is 6.62. The summed E-state index contributed by atoms with van der Waals surface area (Å²) in [5, 5.41) is 0. The molecule has 0 aliphatic carbocycles. The Balaban J connectivity index is 2.14. The zero-order valence-corrected chi connectivity index (χ0v) is 13.9. The van der Waals surface area contributed by atoms with Gasteiger partial charge in [0.05, 0.1) is 24.1 Å². The highest BCUT2D eigenvalue weighted by molar-refractivity contribution is 7.88. The summed E-state index contributed by atoms with van der Waals surface area (Å²) in [6.45, 7) is 4.61. The molecule has 1 aliphatic rings. The summed E-state index contributed by atoms with van der Waals surface area (Å²) >= 11 is 0. The van der Waals surface area contributed by atoms with Gasteiger partial charge in [-0.05, 0) is 31.5 Å². The van der Waals surface area contributed by atoms with E-state index in [1.54, 1.807) is 7.11 Å². The number of morpholine rings is 1. The Morgan fingerprint density at radius 1 is 1.36 bits per heavy atom. The second-order valence-corrected chi connectivity index (χ2v) is 8.10. The lowest BCUT2D eigenvalue weighted by Gasteiger charge is -2.41. The number of hydrogen-bond acceptors (Lipinski definition) is 4. The molecule has 1 saturated heterocycles. The Labute approximate surface area is 131 Å². The zero-order chi connectivity index (χ0) is 16.4. The summed E-state index contributed by atoms with van der Waals surface area (Å²) in [4.78, 5) is 0. The van der Waals surface area contributed by atoms with Crippen LogP contribution in [0.2, 0.25) is 0 Å². The number of halogens is 1. The molecule has 0 saturated carbocycles. The summed E-state index contributed by atoms with van der Waals surface area (Å²) in [6, 6.07) is 5.51. The van der Waals surface area contributed by atoms with Gasteiger partial charge in [-0.1, -0.05) is 12.1 Å². The predicted molar refractivity (Wildman–Crippen MR) is 81.4 cm³/mol. The van der Waals surface area contributed by atoms with Gasteiger partial charge in [0.2, 0.25) is 10.0 Å². The molecular weight excluding hydrogens is 309 g/mol. The zero-order valence-electron chi connectivity index (χ0n) is 13.1. The van der Waals surface area contributed by atoms with E-state index < -0.39 is 15.6 Å². The molecule has 1 heterocycles. The molecule has 1 aliphatic heterocycles. The van der Waals surface area contributed by atoms with Crippen molar-refractivity contribution in [3.8, 4) is 0 Å². The average molecular weight is 331 g/mol. The Morgan fingerprint density at radius 3 is 2.59 bits per heavy atom. The van der Waals surface area contributed by atoms with E-state index >= 15 is 0 Å². The van der Waals surface area contributed by atoms with Crippen LogP contribution >= 0.6 is 0 Å². The maximum absolute atomic E-state index is 12.9. The number of methoxy groups -OCH3 is 1. The van der Waals surface area contributed by atoms with Crippen molar-refractivity contribution in [3.05, 3.63) is 35.6 Å². The van der Waals surface area contributed by atoms with Crippen molar-refractivity contribution in [2.75, 3.05) is 26.8 Å². The summed E-state index contributed by atoms with van der Waals surface area (Å²) in [7, 11) is -1.94. The van der Waals surface area contributed by atoms with Gasteiger partial charge in [0.1, 0.15) is 5.82 Å². The maximum atomic E-state index is 12.9. The number of benzene rings is 1. The minimum atomic E-state index is -3.50. The lowest BCUT2D eigenvalue weighted by Crippen LogP contribution is -2.55. The van der Waals surface area contributed by atoms with Crippen molar-refractivity contribution in [3.63, 3.8) is 0 Å². The van der Waals surface area contributed by atoms with Crippen molar-refractivity contribution in [1.29, 1.82) is 0 Å². The standard InChI is InChI=1S/C15H22FNO4S/c1-15(2)11-17(8-14(21-15)9-20-3)22(18,19)10-12-4-6-13(16)7-5-12/h4-7,14H,8-11H2,1-3H3. The summed E-state index contributed by atoms with van der Waals surface area (Å²) in [6.07, 6.45) is -0.295.